The van der Waals surface area contributed by atoms with Crippen LogP contribution in [-0.4, -0.2) is 4.98 Å². The third-order valence-corrected chi connectivity index (χ3v) is 4.54. The van der Waals surface area contributed by atoms with Gasteiger partial charge in [0.25, 0.3) is 0 Å². The van der Waals surface area contributed by atoms with E-state index in [4.69, 9.17) is 4.42 Å². The zero-order valence-electron chi connectivity index (χ0n) is 15.0. The molecule has 132 valence electrons. The minimum atomic E-state index is 0.225. The highest BCUT2D eigenvalue weighted by Gasteiger charge is 2.13. The van der Waals surface area contributed by atoms with Crippen LogP contribution in [0, 0.1) is 0 Å². The lowest BCUT2D eigenvalue weighted by Crippen LogP contribution is -1.99. The number of aromatic nitrogens is 1. The second-order valence-electron chi connectivity index (χ2n) is 6.49. The summed E-state index contributed by atoms with van der Waals surface area (Å²) in [6, 6.07) is 30.9. The van der Waals surface area contributed by atoms with Crippen molar-refractivity contribution in [1.29, 1.82) is 0 Å². The molecule has 0 aliphatic carbocycles. The normalized spacial score (nSPS) is 12.3. The molecule has 2 nitrogen and oxygen atoms in total. The van der Waals surface area contributed by atoms with Crippen LogP contribution in [0.25, 0.3) is 17.5 Å². The minimum Gasteiger partial charge on any atom is -0.441 e. The van der Waals surface area contributed by atoms with Crippen LogP contribution in [0.5, 0.6) is 0 Å². The first-order valence-corrected chi connectivity index (χ1v) is 9.17. The molecule has 0 fully saturated rings. The molecule has 4 aromatic rings. The maximum absolute atomic E-state index is 6.03. The molecule has 1 heterocycles. The molecular weight excluding hydrogens is 330 g/mol. The van der Waals surface area contributed by atoms with Crippen LogP contribution < -0.4 is 0 Å². The number of hydrogen-bond acceptors (Lipinski definition) is 2. The van der Waals surface area contributed by atoms with Gasteiger partial charge in [0.1, 0.15) is 5.76 Å². The van der Waals surface area contributed by atoms with Gasteiger partial charge in [-0.1, -0.05) is 91.0 Å². The molecule has 2 heteroatoms. The van der Waals surface area contributed by atoms with Gasteiger partial charge < -0.3 is 4.42 Å². The summed E-state index contributed by atoms with van der Waals surface area (Å²) in [6.07, 6.45) is 7.03. The fourth-order valence-corrected chi connectivity index (χ4v) is 3.12. The highest BCUT2D eigenvalue weighted by atomic mass is 16.4. The second kappa shape index (κ2) is 8.33. The molecule has 0 aliphatic heterocycles. The molecular formula is C25H21NO. The molecule has 0 saturated heterocycles. The second-order valence-corrected chi connectivity index (χ2v) is 6.49. The average Bonchev–Trinajstić information content (AvgIpc) is 3.22. The van der Waals surface area contributed by atoms with Crippen molar-refractivity contribution in [3.63, 3.8) is 0 Å². The van der Waals surface area contributed by atoms with Gasteiger partial charge in [0.2, 0.25) is 5.89 Å². The summed E-state index contributed by atoms with van der Waals surface area (Å²) in [5.74, 6) is 1.79. The Kier molecular flexibility index (Phi) is 5.26. The van der Waals surface area contributed by atoms with Gasteiger partial charge in [-0.25, -0.2) is 4.98 Å². The Balaban J connectivity index is 1.58. The maximum Gasteiger partial charge on any atom is 0.226 e. The van der Waals surface area contributed by atoms with Crippen LogP contribution in [0.1, 0.15) is 22.8 Å². The lowest BCUT2D eigenvalue weighted by molar-refractivity contribution is 0.508. The van der Waals surface area contributed by atoms with Gasteiger partial charge in [-0.3, -0.25) is 0 Å². The smallest absolute Gasteiger partial charge is 0.226 e. The molecule has 3 aromatic carbocycles. The summed E-state index contributed by atoms with van der Waals surface area (Å²) < 4.78 is 6.03. The number of benzene rings is 3. The van der Waals surface area contributed by atoms with Crippen LogP contribution in [-0.2, 0) is 6.42 Å². The Morgan fingerprint density at radius 1 is 0.778 bits per heavy atom. The summed E-state index contributed by atoms with van der Waals surface area (Å²) in [5, 5.41) is 0. The summed E-state index contributed by atoms with van der Waals surface area (Å²) in [5.41, 5.74) is 3.46. The number of nitrogens with zero attached hydrogens (tertiary/aromatic N) is 1. The lowest BCUT2D eigenvalue weighted by atomic mass is 9.93. The Morgan fingerprint density at radius 3 is 2.11 bits per heavy atom. The number of rotatable bonds is 6. The van der Waals surface area contributed by atoms with Gasteiger partial charge in [0.15, 0.2) is 0 Å². The van der Waals surface area contributed by atoms with Crippen molar-refractivity contribution in [1.82, 2.24) is 4.98 Å². The Morgan fingerprint density at radius 2 is 1.41 bits per heavy atom. The molecule has 0 aliphatic rings. The highest BCUT2D eigenvalue weighted by Crippen LogP contribution is 2.26. The minimum absolute atomic E-state index is 0.225. The monoisotopic (exact) mass is 351 g/mol. The topological polar surface area (TPSA) is 26.0 Å². The zero-order valence-corrected chi connectivity index (χ0v) is 15.0. The quantitative estimate of drug-likeness (QED) is 0.403. The average molecular weight is 351 g/mol. The van der Waals surface area contributed by atoms with Crippen molar-refractivity contribution < 1.29 is 4.42 Å². The molecule has 0 radical (unpaired) electrons. The first kappa shape index (κ1) is 17.0. The molecule has 27 heavy (non-hydrogen) atoms. The van der Waals surface area contributed by atoms with E-state index in [2.05, 4.69) is 65.7 Å². The Hall–Kier alpha value is -3.39. The highest BCUT2D eigenvalue weighted by molar-refractivity contribution is 5.53. The molecule has 0 amide bonds. The van der Waals surface area contributed by atoms with Crippen molar-refractivity contribution in [3.8, 4) is 11.5 Å². The number of hydrogen-bond donors (Lipinski definition) is 0. The fourth-order valence-electron chi connectivity index (χ4n) is 3.12. The molecule has 0 spiro atoms. The van der Waals surface area contributed by atoms with Crippen LogP contribution in [0.3, 0.4) is 0 Å². The van der Waals surface area contributed by atoms with Crippen molar-refractivity contribution in [2.45, 2.75) is 12.3 Å². The van der Waals surface area contributed by atoms with E-state index in [-0.39, 0.29) is 5.92 Å². The summed E-state index contributed by atoms with van der Waals surface area (Å²) in [4.78, 5) is 4.46. The van der Waals surface area contributed by atoms with Gasteiger partial charge >= 0.3 is 0 Å². The van der Waals surface area contributed by atoms with E-state index >= 15 is 0 Å². The SMILES string of the molecule is C(=C\C(Cc1cnc(-c2ccccc2)o1)c1ccccc1)/c1ccccc1. The summed E-state index contributed by atoms with van der Waals surface area (Å²) in [7, 11) is 0. The van der Waals surface area contributed by atoms with Gasteiger partial charge in [0.05, 0.1) is 6.20 Å². The molecule has 1 atom stereocenters. The Labute approximate surface area is 159 Å². The van der Waals surface area contributed by atoms with E-state index in [9.17, 15) is 0 Å². The maximum atomic E-state index is 6.03. The van der Waals surface area contributed by atoms with E-state index < -0.39 is 0 Å². The molecule has 1 aromatic heterocycles. The lowest BCUT2D eigenvalue weighted by Gasteiger charge is -2.11. The molecule has 4 rings (SSSR count). The first-order valence-electron chi connectivity index (χ1n) is 9.17. The van der Waals surface area contributed by atoms with Gasteiger partial charge in [-0.2, -0.15) is 0 Å². The van der Waals surface area contributed by atoms with Crippen LogP contribution >= 0.6 is 0 Å². The van der Waals surface area contributed by atoms with E-state index in [0.717, 1.165) is 17.7 Å². The van der Waals surface area contributed by atoms with Crippen molar-refractivity contribution >= 4 is 6.08 Å². The Bertz CT molecular complexity index is 988. The third-order valence-electron chi connectivity index (χ3n) is 4.54. The van der Waals surface area contributed by atoms with Gasteiger partial charge in [-0.05, 0) is 23.3 Å². The summed E-state index contributed by atoms with van der Waals surface area (Å²) in [6.45, 7) is 0. The van der Waals surface area contributed by atoms with Crippen LogP contribution in [0.15, 0.2) is 108 Å². The molecule has 1 unspecified atom stereocenters. The molecule has 0 N–H and O–H groups in total. The third kappa shape index (κ3) is 4.42. The van der Waals surface area contributed by atoms with Gasteiger partial charge in [-0.15, -0.1) is 0 Å². The standard InChI is InChI=1S/C25H21NO/c1-4-10-20(11-5-1)16-17-23(21-12-6-2-7-13-21)18-24-19-26-25(27-24)22-14-8-3-9-15-22/h1-17,19,23H,18H2/b17-16+. The number of allylic oxidation sites excluding steroid dienone is 1. The van der Waals surface area contributed by atoms with Crippen LogP contribution in [0.2, 0.25) is 0 Å². The van der Waals surface area contributed by atoms with Crippen molar-refractivity contribution in [3.05, 3.63) is 120 Å². The largest absolute Gasteiger partial charge is 0.441 e. The molecule has 0 bridgehead atoms. The van der Waals surface area contributed by atoms with Crippen LogP contribution in [0.4, 0.5) is 0 Å². The zero-order chi connectivity index (χ0) is 18.3. The molecule has 0 saturated carbocycles. The first-order chi connectivity index (χ1) is 13.4. The van der Waals surface area contributed by atoms with E-state index in [1.807, 2.05) is 48.7 Å². The fraction of sp³-hybridized carbons (Fsp3) is 0.0800. The van der Waals surface area contributed by atoms with Crippen molar-refractivity contribution in [2.24, 2.45) is 0 Å². The predicted octanol–water partition coefficient (Wildman–Crippen LogP) is 6.38. The van der Waals surface area contributed by atoms with E-state index in [1.54, 1.807) is 0 Å². The van der Waals surface area contributed by atoms with Crippen molar-refractivity contribution in [2.75, 3.05) is 0 Å². The summed E-state index contributed by atoms with van der Waals surface area (Å²) >= 11 is 0. The number of oxazole rings is 1. The van der Waals surface area contributed by atoms with E-state index in [0.29, 0.717) is 5.89 Å². The predicted molar refractivity (Wildman–Crippen MR) is 110 cm³/mol. The van der Waals surface area contributed by atoms with Gasteiger partial charge in [0, 0.05) is 17.9 Å². The van der Waals surface area contributed by atoms with E-state index in [1.165, 1.54) is 11.1 Å².